The van der Waals surface area contributed by atoms with E-state index in [9.17, 15) is 43.5 Å². The number of amides is 7. The van der Waals surface area contributed by atoms with E-state index >= 15 is 0 Å². The van der Waals surface area contributed by atoms with Gasteiger partial charge in [0.05, 0.1) is 45.9 Å². The monoisotopic (exact) mass is 534 g/mol. The van der Waals surface area contributed by atoms with Crippen LogP contribution in [-0.2, 0) is 38.4 Å². The molecule has 0 aromatic rings. The molecule has 0 bridgehead atoms. The van der Waals surface area contributed by atoms with Gasteiger partial charge in [-0.1, -0.05) is 0 Å². The van der Waals surface area contributed by atoms with Crippen molar-refractivity contribution in [3.8, 4) is 0 Å². The zero-order valence-corrected chi connectivity index (χ0v) is 19.5. The van der Waals surface area contributed by atoms with E-state index < -0.39 is 105 Å². The second-order valence-corrected chi connectivity index (χ2v) is 6.97. The van der Waals surface area contributed by atoms with E-state index in [4.69, 9.17) is 15.9 Å². The summed E-state index contributed by atoms with van der Waals surface area (Å²) in [6, 6.07) is -2.95. The maximum absolute atomic E-state index is 12.1. The standard InChI is InChI=1S/C18H30N8O11/c19-1-11(29)20-2-12(30)21-4-14(32)25-9(7-27)17(36)23-3-13(31)22-5-15(33)26-10(8-28)18(37)24-6-16(34)35/h9-10,27-28H,1-8,19H2,(H,20,29)(H,21,30)(H,22,31)(H,23,36)(H,24,37)(H,25,32)(H,26,33)(H,34,35)/t9-,10-/m0/s1. The first-order valence-electron chi connectivity index (χ1n) is 10.5. The summed E-state index contributed by atoms with van der Waals surface area (Å²) in [5.74, 6) is -7.21. The third-order valence-electron chi connectivity index (χ3n) is 4.03. The van der Waals surface area contributed by atoms with Crippen LogP contribution in [0.5, 0.6) is 0 Å². The number of aliphatic hydroxyl groups excluding tert-OH is 2. The van der Waals surface area contributed by atoms with Crippen LogP contribution in [0.3, 0.4) is 0 Å². The Labute approximate surface area is 209 Å². The van der Waals surface area contributed by atoms with Gasteiger partial charge < -0.3 is 58.3 Å². The molecule has 0 fully saturated rings. The molecule has 0 aliphatic carbocycles. The summed E-state index contributed by atoms with van der Waals surface area (Å²) >= 11 is 0. The van der Waals surface area contributed by atoms with Crippen molar-refractivity contribution < 1.29 is 53.7 Å². The molecule has 0 aromatic heterocycles. The summed E-state index contributed by atoms with van der Waals surface area (Å²) in [4.78, 5) is 92.1. The molecule has 208 valence electrons. The van der Waals surface area contributed by atoms with Crippen molar-refractivity contribution in [2.24, 2.45) is 5.73 Å². The molecule has 2 atom stereocenters. The molecule has 0 aliphatic rings. The maximum Gasteiger partial charge on any atom is 0.322 e. The molecule has 7 amide bonds. The number of carbonyl (C=O) groups is 8. The van der Waals surface area contributed by atoms with Crippen molar-refractivity contribution in [2.75, 3.05) is 52.5 Å². The molecule has 37 heavy (non-hydrogen) atoms. The number of hydrogen-bond acceptors (Lipinski definition) is 11. The zero-order chi connectivity index (χ0) is 28.4. The molecule has 19 nitrogen and oxygen atoms in total. The van der Waals surface area contributed by atoms with Crippen LogP contribution in [0.4, 0.5) is 0 Å². The maximum atomic E-state index is 12.1. The van der Waals surface area contributed by atoms with Crippen molar-refractivity contribution in [3.63, 3.8) is 0 Å². The van der Waals surface area contributed by atoms with Crippen LogP contribution in [-0.4, -0.2) is 127 Å². The molecule has 0 aromatic carbocycles. The van der Waals surface area contributed by atoms with E-state index in [0.29, 0.717) is 0 Å². The second kappa shape index (κ2) is 18.0. The van der Waals surface area contributed by atoms with Gasteiger partial charge in [-0.15, -0.1) is 0 Å². The van der Waals surface area contributed by atoms with Gasteiger partial charge in [-0.3, -0.25) is 38.4 Å². The van der Waals surface area contributed by atoms with E-state index in [-0.39, 0.29) is 6.54 Å². The third kappa shape index (κ3) is 15.3. The van der Waals surface area contributed by atoms with E-state index in [1.165, 1.54) is 0 Å². The first-order valence-corrected chi connectivity index (χ1v) is 10.5. The lowest BCUT2D eigenvalue weighted by molar-refractivity contribution is -0.138. The van der Waals surface area contributed by atoms with Gasteiger partial charge in [-0.25, -0.2) is 0 Å². The molecule has 12 N–H and O–H groups in total. The van der Waals surface area contributed by atoms with Gasteiger partial charge in [-0.05, 0) is 0 Å². The Morgan fingerprint density at radius 2 is 0.892 bits per heavy atom. The van der Waals surface area contributed by atoms with Crippen LogP contribution >= 0.6 is 0 Å². The molecule has 0 radical (unpaired) electrons. The normalized spacial score (nSPS) is 11.6. The van der Waals surface area contributed by atoms with Gasteiger partial charge in [0.1, 0.15) is 18.6 Å². The number of aliphatic carboxylic acids is 1. The highest BCUT2D eigenvalue weighted by Crippen LogP contribution is 1.85. The zero-order valence-electron chi connectivity index (χ0n) is 19.5. The minimum absolute atomic E-state index is 0.328. The van der Waals surface area contributed by atoms with Gasteiger partial charge >= 0.3 is 5.97 Å². The molecule has 0 spiro atoms. The molecule has 19 heteroatoms. The summed E-state index contributed by atoms with van der Waals surface area (Å²) in [5, 5.41) is 41.6. The third-order valence-corrected chi connectivity index (χ3v) is 4.03. The number of aliphatic hydroxyl groups is 2. The van der Waals surface area contributed by atoms with Gasteiger partial charge in [0, 0.05) is 0 Å². The summed E-state index contributed by atoms with van der Waals surface area (Å²) in [7, 11) is 0. The van der Waals surface area contributed by atoms with Crippen molar-refractivity contribution in [1.29, 1.82) is 0 Å². The Bertz CT molecular complexity index is 867. The van der Waals surface area contributed by atoms with E-state index in [2.05, 4.69) is 31.9 Å². The number of nitrogens with two attached hydrogens (primary N) is 1. The molecule has 0 rings (SSSR count). The minimum atomic E-state index is -1.48. The van der Waals surface area contributed by atoms with Gasteiger partial charge in [0.15, 0.2) is 0 Å². The quantitative estimate of drug-likeness (QED) is 0.0829. The van der Waals surface area contributed by atoms with Crippen molar-refractivity contribution in [1.82, 2.24) is 37.2 Å². The Kier molecular flexibility index (Phi) is 15.9. The highest BCUT2D eigenvalue weighted by Gasteiger charge is 2.22. The number of nitrogens with one attached hydrogen (secondary N) is 7. The molecular weight excluding hydrogens is 504 g/mol. The lowest BCUT2D eigenvalue weighted by atomic mass is 10.2. The van der Waals surface area contributed by atoms with E-state index in [0.717, 1.165) is 0 Å². The van der Waals surface area contributed by atoms with Gasteiger partial charge in [-0.2, -0.15) is 0 Å². The fourth-order valence-corrected chi connectivity index (χ4v) is 2.19. The first-order chi connectivity index (χ1) is 17.4. The smallest absolute Gasteiger partial charge is 0.322 e. The van der Waals surface area contributed by atoms with Gasteiger partial charge in [0.2, 0.25) is 41.4 Å². The minimum Gasteiger partial charge on any atom is -0.480 e. The largest absolute Gasteiger partial charge is 0.480 e. The number of carboxylic acids is 1. The molecule has 0 heterocycles. The molecule has 0 saturated carbocycles. The van der Waals surface area contributed by atoms with Crippen LogP contribution in [0.1, 0.15) is 0 Å². The number of carboxylic acid groups (broad SMARTS) is 1. The second-order valence-electron chi connectivity index (χ2n) is 6.97. The highest BCUT2D eigenvalue weighted by molar-refractivity contribution is 5.94. The van der Waals surface area contributed by atoms with Crippen molar-refractivity contribution >= 4 is 47.3 Å². The highest BCUT2D eigenvalue weighted by atomic mass is 16.4. The first kappa shape index (κ1) is 32.6. The topological polar surface area (TPSA) is 307 Å². The number of carbonyl (C=O) groups excluding carboxylic acids is 7. The summed E-state index contributed by atoms with van der Waals surface area (Å²) in [6.07, 6.45) is 0. The summed E-state index contributed by atoms with van der Waals surface area (Å²) < 4.78 is 0. The van der Waals surface area contributed by atoms with Crippen LogP contribution in [0.2, 0.25) is 0 Å². The van der Waals surface area contributed by atoms with Gasteiger partial charge in [0.25, 0.3) is 0 Å². The lowest BCUT2D eigenvalue weighted by Gasteiger charge is -2.17. The van der Waals surface area contributed by atoms with Crippen molar-refractivity contribution in [2.45, 2.75) is 12.1 Å². The van der Waals surface area contributed by atoms with E-state index in [1.54, 1.807) is 0 Å². The SMILES string of the molecule is NCC(=O)NCC(=O)NCC(=O)N[C@@H](CO)C(=O)NCC(=O)NCC(=O)N[C@@H](CO)C(=O)NCC(=O)O. The van der Waals surface area contributed by atoms with Crippen LogP contribution in [0.15, 0.2) is 0 Å². The van der Waals surface area contributed by atoms with E-state index in [1.807, 2.05) is 5.32 Å². The number of rotatable bonds is 17. The Morgan fingerprint density at radius 1 is 0.541 bits per heavy atom. The fraction of sp³-hybridized carbons (Fsp3) is 0.556. The van der Waals surface area contributed by atoms with Crippen LogP contribution < -0.4 is 43.0 Å². The average molecular weight is 534 g/mol. The molecule has 0 aliphatic heterocycles. The predicted molar refractivity (Wildman–Crippen MR) is 120 cm³/mol. The average Bonchev–Trinajstić information content (AvgIpc) is 2.87. The Morgan fingerprint density at radius 3 is 1.27 bits per heavy atom. The Hall–Kier alpha value is -4.36. The molecular formula is C18H30N8O11. The number of hydrogen-bond donors (Lipinski definition) is 11. The van der Waals surface area contributed by atoms with Crippen molar-refractivity contribution in [3.05, 3.63) is 0 Å². The van der Waals surface area contributed by atoms with Crippen LogP contribution in [0, 0.1) is 0 Å². The van der Waals surface area contributed by atoms with Crippen LogP contribution in [0.25, 0.3) is 0 Å². The summed E-state index contributed by atoms with van der Waals surface area (Å²) in [6.45, 7) is -5.11. The predicted octanol–water partition coefficient (Wildman–Crippen LogP) is -8.44. The molecule has 0 unspecified atom stereocenters. The summed E-state index contributed by atoms with van der Waals surface area (Å²) in [5.41, 5.74) is 5.05. The Balaban J connectivity index is 4.39. The molecule has 0 saturated heterocycles. The fourth-order valence-electron chi connectivity index (χ4n) is 2.19. The lowest BCUT2D eigenvalue weighted by Crippen LogP contribution is -2.54.